The summed E-state index contributed by atoms with van der Waals surface area (Å²) in [5.74, 6) is 2.63. The summed E-state index contributed by atoms with van der Waals surface area (Å²) in [5, 5.41) is 8.03. The minimum Gasteiger partial charge on any atom is -0.318 e. The summed E-state index contributed by atoms with van der Waals surface area (Å²) < 4.78 is 14.1. The predicted octanol–water partition coefficient (Wildman–Crippen LogP) is 2.19. The van der Waals surface area contributed by atoms with Gasteiger partial charge < -0.3 is 4.57 Å². The molecule has 0 spiro atoms. The predicted molar refractivity (Wildman–Crippen MR) is 77.2 cm³/mol. The second kappa shape index (κ2) is 5.65. The molecule has 0 saturated heterocycles. The smallest absolute Gasteiger partial charge is 0.145 e. The van der Waals surface area contributed by atoms with Gasteiger partial charge in [0.25, 0.3) is 0 Å². The Labute approximate surface area is 116 Å². The van der Waals surface area contributed by atoms with Gasteiger partial charge >= 0.3 is 0 Å². The van der Waals surface area contributed by atoms with Gasteiger partial charge in [0.15, 0.2) is 0 Å². The molecular formula is C14H19N3OS. The van der Waals surface area contributed by atoms with Gasteiger partial charge in [0.05, 0.1) is 5.75 Å². The third-order valence-electron chi connectivity index (χ3n) is 3.37. The van der Waals surface area contributed by atoms with Crippen LogP contribution in [0.1, 0.15) is 28.3 Å². The highest BCUT2D eigenvalue weighted by atomic mass is 32.2. The summed E-state index contributed by atoms with van der Waals surface area (Å²) >= 11 is 0. The first-order valence-electron chi connectivity index (χ1n) is 6.23. The zero-order valence-corrected chi connectivity index (χ0v) is 12.6. The minimum atomic E-state index is -0.957. The maximum Gasteiger partial charge on any atom is 0.145 e. The van der Waals surface area contributed by atoms with Gasteiger partial charge in [0.1, 0.15) is 11.6 Å². The van der Waals surface area contributed by atoms with Gasteiger partial charge in [-0.05, 0) is 37.5 Å². The molecule has 0 aliphatic heterocycles. The average Bonchev–Trinajstić information content (AvgIpc) is 2.66. The number of hydrogen-bond acceptors (Lipinski definition) is 3. The maximum atomic E-state index is 12.2. The molecule has 2 aromatic rings. The molecule has 2 rings (SSSR count). The van der Waals surface area contributed by atoms with Crippen molar-refractivity contribution in [1.82, 2.24) is 14.8 Å². The lowest BCUT2D eigenvalue weighted by Crippen LogP contribution is -2.06. The quantitative estimate of drug-likeness (QED) is 0.860. The highest BCUT2D eigenvalue weighted by Crippen LogP contribution is 2.13. The van der Waals surface area contributed by atoms with Crippen LogP contribution in [0.3, 0.4) is 0 Å². The maximum absolute atomic E-state index is 12.2. The third-order valence-corrected chi connectivity index (χ3v) is 4.61. The highest BCUT2D eigenvalue weighted by Gasteiger charge is 2.10. The Balaban J connectivity index is 2.05. The Morgan fingerprint density at radius 1 is 1.11 bits per heavy atom. The van der Waals surface area contributed by atoms with Crippen LogP contribution < -0.4 is 0 Å². The Bertz CT molecular complexity index is 619. The highest BCUT2D eigenvalue weighted by molar-refractivity contribution is 7.83. The van der Waals surface area contributed by atoms with Crippen LogP contribution in [0, 0.1) is 20.8 Å². The summed E-state index contributed by atoms with van der Waals surface area (Å²) in [7, 11) is 0.944. The first kappa shape index (κ1) is 13.9. The monoisotopic (exact) mass is 277 g/mol. The van der Waals surface area contributed by atoms with Crippen molar-refractivity contribution in [2.24, 2.45) is 7.05 Å². The van der Waals surface area contributed by atoms with Crippen LogP contribution in [0.15, 0.2) is 18.2 Å². The van der Waals surface area contributed by atoms with E-state index in [1.807, 2.05) is 24.6 Å². The topological polar surface area (TPSA) is 47.8 Å². The van der Waals surface area contributed by atoms with Crippen molar-refractivity contribution in [3.05, 3.63) is 46.5 Å². The van der Waals surface area contributed by atoms with Gasteiger partial charge in [-0.2, -0.15) is 0 Å². The molecule has 0 amide bonds. The summed E-state index contributed by atoms with van der Waals surface area (Å²) in [6, 6.07) is 6.23. The van der Waals surface area contributed by atoms with Gasteiger partial charge in [0.2, 0.25) is 0 Å². The second-order valence-electron chi connectivity index (χ2n) is 4.87. The van der Waals surface area contributed by atoms with E-state index in [2.05, 4.69) is 36.2 Å². The van der Waals surface area contributed by atoms with E-state index in [0.29, 0.717) is 11.5 Å². The molecule has 0 N–H and O–H groups in total. The molecule has 1 aromatic heterocycles. The molecule has 102 valence electrons. The van der Waals surface area contributed by atoms with Crippen LogP contribution in [0.4, 0.5) is 0 Å². The molecule has 0 fully saturated rings. The first-order chi connectivity index (χ1) is 8.97. The van der Waals surface area contributed by atoms with Crippen LogP contribution in [0.2, 0.25) is 0 Å². The molecule has 0 aliphatic rings. The number of nitrogens with zero attached hydrogens (tertiary/aromatic N) is 3. The Hall–Kier alpha value is -1.49. The fraction of sp³-hybridized carbons (Fsp3) is 0.429. The molecule has 1 atom stereocenters. The van der Waals surface area contributed by atoms with E-state index >= 15 is 0 Å². The van der Waals surface area contributed by atoms with Gasteiger partial charge in [-0.1, -0.05) is 18.2 Å². The molecule has 0 bridgehead atoms. The fourth-order valence-corrected chi connectivity index (χ4v) is 3.04. The van der Waals surface area contributed by atoms with Crippen molar-refractivity contribution < 1.29 is 4.21 Å². The number of rotatable bonds is 4. The molecule has 0 radical (unpaired) electrons. The van der Waals surface area contributed by atoms with Gasteiger partial charge in [-0.3, -0.25) is 4.21 Å². The molecule has 0 saturated carbocycles. The molecule has 5 heteroatoms. The van der Waals surface area contributed by atoms with Crippen LogP contribution >= 0.6 is 0 Å². The zero-order valence-electron chi connectivity index (χ0n) is 11.8. The Morgan fingerprint density at radius 2 is 1.84 bits per heavy atom. The second-order valence-corrected chi connectivity index (χ2v) is 6.33. The van der Waals surface area contributed by atoms with E-state index in [-0.39, 0.29) is 0 Å². The number of aryl methyl sites for hydroxylation is 3. The average molecular weight is 277 g/mol. The van der Waals surface area contributed by atoms with Crippen molar-refractivity contribution in [1.29, 1.82) is 0 Å². The third kappa shape index (κ3) is 3.29. The number of benzene rings is 1. The summed E-state index contributed by atoms with van der Waals surface area (Å²) in [6.45, 7) is 6.05. The van der Waals surface area contributed by atoms with Crippen LogP contribution in [-0.4, -0.2) is 19.0 Å². The molecule has 0 unspecified atom stereocenters. The van der Waals surface area contributed by atoms with Gasteiger partial charge in [-0.25, -0.2) is 0 Å². The molecule has 0 aliphatic carbocycles. The van der Waals surface area contributed by atoms with E-state index in [4.69, 9.17) is 0 Å². The van der Waals surface area contributed by atoms with Crippen LogP contribution in [-0.2, 0) is 29.4 Å². The molecule has 19 heavy (non-hydrogen) atoms. The van der Waals surface area contributed by atoms with E-state index < -0.39 is 10.8 Å². The molecule has 1 heterocycles. The summed E-state index contributed by atoms with van der Waals surface area (Å²) in [6.07, 6.45) is 0. The SMILES string of the molecule is Cc1ccc(C[S@@](=O)Cc2nnc(C)n2C)cc1C. The summed E-state index contributed by atoms with van der Waals surface area (Å²) in [4.78, 5) is 0. The first-order valence-corrected chi connectivity index (χ1v) is 7.72. The number of hydrogen-bond donors (Lipinski definition) is 0. The van der Waals surface area contributed by atoms with Crippen LogP contribution in [0.5, 0.6) is 0 Å². The minimum absolute atomic E-state index is 0.449. The van der Waals surface area contributed by atoms with Crippen molar-refractivity contribution in [3.8, 4) is 0 Å². The van der Waals surface area contributed by atoms with E-state index in [1.54, 1.807) is 0 Å². The summed E-state index contributed by atoms with van der Waals surface area (Å²) in [5.41, 5.74) is 3.61. The van der Waals surface area contributed by atoms with E-state index in [0.717, 1.165) is 17.2 Å². The largest absolute Gasteiger partial charge is 0.318 e. The molecule has 4 nitrogen and oxygen atoms in total. The van der Waals surface area contributed by atoms with Gasteiger partial charge in [-0.15, -0.1) is 10.2 Å². The number of aromatic nitrogens is 3. The lowest BCUT2D eigenvalue weighted by atomic mass is 10.1. The normalized spacial score (nSPS) is 12.6. The zero-order chi connectivity index (χ0) is 14.0. The van der Waals surface area contributed by atoms with Crippen LogP contribution in [0.25, 0.3) is 0 Å². The van der Waals surface area contributed by atoms with Crippen molar-refractivity contribution in [2.45, 2.75) is 32.3 Å². The van der Waals surface area contributed by atoms with Crippen molar-refractivity contribution in [3.63, 3.8) is 0 Å². The van der Waals surface area contributed by atoms with E-state index in [9.17, 15) is 4.21 Å². The van der Waals surface area contributed by atoms with Gasteiger partial charge in [0, 0.05) is 23.6 Å². The lowest BCUT2D eigenvalue weighted by Gasteiger charge is -2.06. The van der Waals surface area contributed by atoms with Crippen molar-refractivity contribution >= 4 is 10.8 Å². The molecular weight excluding hydrogens is 258 g/mol. The van der Waals surface area contributed by atoms with E-state index in [1.165, 1.54) is 11.1 Å². The lowest BCUT2D eigenvalue weighted by molar-refractivity contribution is 0.678. The Morgan fingerprint density at radius 3 is 2.42 bits per heavy atom. The molecule has 1 aromatic carbocycles. The Kier molecular flexibility index (Phi) is 4.14. The standard InChI is InChI=1S/C14H19N3OS/c1-10-5-6-13(7-11(10)2)8-19(18)9-14-16-15-12(3)17(14)4/h5-7H,8-9H2,1-4H3/t19-/m1/s1. The van der Waals surface area contributed by atoms with Crippen molar-refractivity contribution in [2.75, 3.05) is 0 Å². The fourth-order valence-electron chi connectivity index (χ4n) is 1.85.